The lowest BCUT2D eigenvalue weighted by Gasteiger charge is -2.28. The average molecular weight is 467 g/mol. The van der Waals surface area contributed by atoms with Crippen molar-refractivity contribution in [3.8, 4) is 11.1 Å². The summed E-state index contributed by atoms with van der Waals surface area (Å²) in [6.07, 6.45) is 4.01. The quantitative estimate of drug-likeness (QED) is 0.452. The monoisotopic (exact) mass is 467 g/mol. The number of halogens is 3. The van der Waals surface area contributed by atoms with Crippen LogP contribution in [0.1, 0.15) is 35.4 Å². The minimum absolute atomic E-state index is 0.0960. The van der Waals surface area contributed by atoms with E-state index in [9.17, 15) is 18.0 Å². The van der Waals surface area contributed by atoms with Gasteiger partial charge in [-0.25, -0.2) is 9.97 Å². The van der Waals surface area contributed by atoms with Gasteiger partial charge >= 0.3 is 6.18 Å². The number of amides is 1. The number of anilines is 2. The lowest BCUT2D eigenvalue weighted by Crippen LogP contribution is -2.29. The van der Waals surface area contributed by atoms with Crippen molar-refractivity contribution >= 4 is 28.3 Å². The maximum atomic E-state index is 12.8. The predicted octanol–water partition coefficient (Wildman–Crippen LogP) is 4.68. The number of nitrogens with zero attached hydrogens (tertiary/aromatic N) is 5. The molecule has 5 rings (SSSR count). The molecule has 0 aliphatic carbocycles. The topological polar surface area (TPSA) is 99.7 Å². The summed E-state index contributed by atoms with van der Waals surface area (Å²) in [7, 11) is 0. The Bertz CT molecular complexity index is 1330. The van der Waals surface area contributed by atoms with Crippen molar-refractivity contribution in [1.82, 2.24) is 25.1 Å². The molecule has 1 amide bonds. The van der Waals surface area contributed by atoms with Crippen molar-refractivity contribution in [1.29, 1.82) is 0 Å². The summed E-state index contributed by atoms with van der Waals surface area (Å²) >= 11 is 0. The van der Waals surface area contributed by atoms with E-state index >= 15 is 0 Å². The molecule has 1 saturated heterocycles. The van der Waals surface area contributed by atoms with Gasteiger partial charge < -0.3 is 10.2 Å². The van der Waals surface area contributed by atoms with Crippen LogP contribution in [0.25, 0.3) is 22.0 Å². The molecule has 0 bridgehead atoms. The third-order valence-electron chi connectivity index (χ3n) is 5.74. The smallest absolute Gasteiger partial charge is 0.370 e. The molecular formula is C23H20F3N7O. The fraction of sp³-hybridized carbons (Fsp3) is 0.261. The molecule has 0 saturated carbocycles. The fourth-order valence-corrected chi connectivity index (χ4v) is 3.99. The number of carbonyl (C=O) groups excluding carboxylic acids is 1. The number of fused-ring (bicyclic) bond motifs is 1. The van der Waals surface area contributed by atoms with Crippen LogP contribution >= 0.6 is 0 Å². The Kier molecular flexibility index (Phi) is 5.60. The van der Waals surface area contributed by atoms with Crippen LogP contribution in [-0.2, 0) is 6.18 Å². The summed E-state index contributed by atoms with van der Waals surface area (Å²) in [6.45, 7) is 2.01. The van der Waals surface area contributed by atoms with E-state index in [0.717, 1.165) is 48.9 Å². The van der Waals surface area contributed by atoms with Crippen molar-refractivity contribution in [2.75, 3.05) is 23.3 Å². The highest BCUT2D eigenvalue weighted by atomic mass is 19.4. The molecule has 1 aromatic carbocycles. The number of piperidine rings is 1. The molecule has 4 heterocycles. The number of aromatic amines is 1. The molecule has 0 unspecified atom stereocenters. The molecule has 0 spiro atoms. The van der Waals surface area contributed by atoms with Crippen molar-refractivity contribution in [3.05, 3.63) is 60.4 Å². The van der Waals surface area contributed by atoms with Crippen LogP contribution in [0.3, 0.4) is 0 Å². The number of rotatable bonds is 4. The normalized spacial score (nSPS) is 14.4. The number of hydrogen-bond donors (Lipinski definition) is 2. The third-order valence-corrected chi connectivity index (χ3v) is 5.74. The van der Waals surface area contributed by atoms with Crippen LogP contribution in [0.2, 0.25) is 0 Å². The van der Waals surface area contributed by atoms with Crippen LogP contribution in [0.15, 0.2) is 49.1 Å². The molecule has 174 valence electrons. The maximum absolute atomic E-state index is 12.8. The summed E-state index contributed by atoms with van der Waals surface area (Å²) in [5, 5.41) is 9.90. The van der Waals surface area contributed by atoms with E-state index in [-0.39, 0.29) is 11.5 Å². The van der Waals surface area contributed by atoms with Crippen molar-refractivity contribution < 1.29 is 18.0 Å². The van der Waals surface area contributed by atoms with Crippen LogP contribution in [0.4, 0.5) is 24.7 Å². The Morgan fingerprint density at radius 3 is 2.53 bits per heavy atom. The van der Waals surface area contributed by atoms with Gasteiger partial charge in [-0.15, -0.1) is 0 Å². The van der Waals surface area contributed by atoms with Gasteiger partial charge in [0, 0.05) is 30.2 Å². The van der Waals surface area contributed by atoms with Crippen LogP contribution in [0.5, 0.6) is 0 Å². The Labute approximate surface area is 192 Å². The molecule has 0 atom stereocenters. The summed E-state index contributed by atoms with van der Waals surface area (Å²) < 4.78 is 38.0. The zero-order valence-electron chi connectivity index (χ0n) is 17.9. The first-order chi connectivity index (χ1) is 16.4. The Balaban J connectivity index is 1.40. The number of benzene rings is 1. The Hall–Kier alpha value is -4.02. The molecule has 4 aromatic rings. The first-order valence-electron chi connectivity index (χ1n) is 10.8. The van der Waals surface area contributed by atoms with E-state index in [2.05, 4.69) is 41.4 Å². The third kappa shape index (κ3) is 4.41. The lowest BCUT2D eigenvalue weighted by molar-refractivity contribution is -0.141. The first-order valence-corrected chi connectivity index (χ1v) is 10.8. The molecule has 34 heavy (non-hydrogen) atoms. The number of alkyl halides is 3. The predicted molar refractivity (Wildman–Crippen MR) is 120 cm³/mol. The van der Waals surface area contributed by atoms with Gasteiger partial charge in [0.25, 0.3) is 5.91 Å². The highest BCUT2D eigenvalue weighted by Gasteiger charge is 2.32. The SMILES string of the molecule is O=C(Nc1cnc(C(F)(F)F)cn1)c1n[nH]c2ccc(-c3cncc(N4CCCCC4)c3)cc12. The summed E-state index contributed by atoms with van der Waals surface area (Å²) in [6, 6.07) is 7.65. The fourth-order valence-electron chi connectivity index (χ4n) is 3.99. The summed E-state index contributed by atoms with van der Waals surface area (Å²) in [5.41, 5.74) is 2.44. The number of aromatic nitrogens is 5. The molecule has 3 aromatic heterocycles. The van der Waals surface area contributed by atoms with E-state index in [1.54, 1.807) is 6.20 Å². The molecule has 8 nitrogen and oxygen atoms in total. The molecule has 1 fully saturated rings. The molecule has 2 N–H and O–H groups in total. The molecule has 1 aliphatic rings. The van der Waals surface area contributed by atoms with Gasteiger partial charge in [-0.05, 0) is 43.0 Å². The van der Waals surface area contributed by atoms with E-state index < -0.39 is 17.8 Å². The summed E-state index contributed by atoms with van der Waals surface area (Å²) in [5.74, 6) is -0.721. The molecule has 11 heteroatoms. The number of pyridine rings is 1. The minimum Gasteiger partial charge on any atom is -0.370 e. The number of carbonyl (C=O) groups is 1. The van der Waals surface area contributed by atoms with E-state index in [0.29, 0.717) is 17.1 Å². The second-order valence-electron chi connectivity index (χ2n) is 8.05. The first kappa shape index (κ1) is 21.8. The van der Waals surface area contributed by atoms with Crippen molar-refractivity contribution in [2.45, 2.75) is 25.4 Å². The zero-order valence-corrected chi connectivity index (χ0v) is 17.9. The molecule has 1 aliphatic heterocycles. The van der Waals surface area contributed by atoms with E-state index in [1.807, 2.05) is 24.4 Å². The van der Waals surface area contributed by atoms with Gasteiger partial charge in [0.2, 0.25) is 0 Å². The molecule has 0 radical (unpaired) electrons. The van der Waals surface area contributed by atoms with Gasteiger partial charge in [-0.3, -0.25) is 14.9 Å². The Morgan fingerprint density at radius 1 is 0.971 bits per heavy atom. The van der Waals surface area contributed by atoms with Gasteiger partial charge in [-0.1, -0.05) is 6.07 Å². The highest BCUT2D eigenvalue weighted by Crippen LogP contribution is 2.29. The largest absolute Gasteiger partial charge is 0.434 e. The van der Waals surface area contributed by atoms with Crippen LogP contribution in [0, 0.1) is 0 Å². The van der Waals surface area contributed by atoms with Crippen molar-refractivity contribution in [2.24, 2.45) is 0 Å². The van der Waals surface area contributed by atoms with Crippen molar-refractivity contribution in [3.63, 3.8) is 0 Å². The second-order valence-corrected chi connectivity index (χ2v) is 8.05. The summed E-state index contributed by atoms with van der Waals surface area (Å²) in [4.78, 5) is 26.4. The van der Waals surface area contributed by atoms with E-state index in [4.69, 9.17) is 0 Å². The zero-order chi connectivity index (χ0) is 23.7. The highest BCUT2D eigenvalue weighted by molar-refractivity contribution is 6.11. The maximum Gasteiger partial charge on any atom is 0.434 e. The minimum atomic E-state index is -4.61. The number of nitrogens with one attached hydrogen (secondary N) is 2. The number of H-pyrrole nitrogens is 1. The number of hydrogen-bond acceptors (Lipinski definition) is 6. The second kappa shape index (κ2) is 8.73. The molecular weight excluding hydrogens is 447 g/mol. The van der Waals surface area contributed by atoms with Gasteiger partial charge in [0.1, 0.15) is 0 Å². The van der Waals surface area contributed by atoms with Crippen LogP contribution < -0.4 is 10.2 Å². The lowest BCUT2D eigenvalue weighted by atomic mass is 10.0. The van der Waals surface area contributed by atoms with E-state index in [1.165, 1.54) is 6.42 Å². The standard InChI is InChI=1S/C23H20F3N7O/c24-23(25,26)19-12-29-20(13-28-19)30-22(34)21-17-9-14(4-5-18(17)31-32-21)15-8-16(11-27-10-15)33-6-2-1-3-7-33/h4-5,8-13H,1-3,6-7H2,(H,31,32)(H,29,30,34). The average Bonchev–Trinajstić information content (AvgIpc) is 3.28. The Morgan fingerprint density at radius 2 is 1.79 bits per heavy atom. The van der Waals surface area contributed by atoms with Crippen LogP contribution in [-0.4, -0.2) is 44.1 Å². The van der Waals surface area contributed by atoms with Gasteiger partial charge in [0.05, 0.1) is 29.8 Å². The van der Waals surface area contributed by atoms with Gasteiger partial charge in [0.15, 0.2) is 17.2 Å². The van der Waals surface area contributed by atoms with Gasteiger partial charge in [-0.2, -0.15) is 18.3 Å².